The van der Waals surface area contributed by atoms with Crippen molar-refractivity contribution in [2.45, 2.75) is 38.7 Å². The van der Waals surface area contributed by atoms with Crippen LogP contribution in [0, 0.1) is 12.3 Å². The molecule has 2 saturated heterocycles. The van der Waals surface area contributed by atoms with E-state index in [1.807, 2.05) is 48.5 Å². The predicted octanol–water partition coefficient (Wildman–Crippen LogP) is 4.80. The van der Waals surface area contributed by atoms with Gasteiger partial charge in [-0.3, -0.25) is 9.88 Å². The van der Waals surface area contributed by atoms with Crippen LogP contribution in [0.5, 0.6) is 0 Å². The van der Waals surface area contributed by atoms with E-state index in [4.69, 9.17) is 24.5 Å². The number of hydrogen-bond acceptors (Lipinski definition) is 6. The lowest BCUT2D eigenvalue weighted by molar-refractivity contribution is -0.193. The molecule has 2 aliphatic rings. The zero-order valence-electron chi connectivity index (χ0n) is 23.1. The topological polar surface area (TPSA) is 132 Å². The Bertz CT molecular complexity index is 1180. The summed E-state index contributed by atoms with van der Waals surface area (Å²) in [7, 11) is 0. The summed E-state index contributed by atoms with van der Waals surface area (Å²) < 4.78 is 69.5. The number of carboxylic acids is 2. The Morgan fingerprint density at radius 2 is 1.51 bits per heavy atom. The van der Waals surface area contributed by atoms with Crippen LogP contribution in [0.4, 0.5) is 36.8 Å². The summed E-state index contributed by atoms with van der Waals surface area (Å²) in [6.07, 6.45) is -4.52. The molecule has 1 aromatic carbocycles. The SMILES string of the molecule is Cc1cccc(NC(=O)N2CCC3(CC2)COCCN(Cc2ccncc2)C3)c1.O=C(O)C(F)(F)F.O=C(O)C(F)(F)F. The maximum Gasteiger partial charge on any atom is 0.490 e. The number of aryl methyl sites for hydroxylation is 1. The lowest BCUT2D eigenvalue weighted by Crippen LogP contribution is -2.49. The number of pyridine rings is 1. The molecule has 238 valence electrons. The van der Waals surface area contributed by atoms with Gasteiger partial charge < -0.3 is 25.2 Å². The number of ether oxygens (including phenoxy) is 1. The molecule has 2 aromatic rings. The first kappa shape index (κ1) is 35.3. The van der Waals surface area contributed by atoms with E-state index in [1.54, 1.807) is 0 Å². The van der Waals surface area contributed by atoms with E-state index < -0.39 is 24.3 Å². The number of carbonyl (C=O) groups is 3. The van der Waals surface area contributed by atoms with Gasteiger partial charge in [-0.2, -0.15) is 26.3 Å². The van der Waals surface area contributed by atoms with Gasteiger partial charge >= 0.3 is 30.3 Å². The summed E-state index contributed by atoms with van der Waals surface area (Å²) in [4.78, 5) is 39.0. The first-order valence-corrected chi connectivity index (χ1v) is 12.9. The van der Waals surface area contributed by atoms with Gasteiger partial charge in [-0.15, -0.1) is 0 Å². The minimum Gasteiger partial charge on any atom is -0.475 e. The highest BCUT2D eigenvalue weighted by atomic mass is 19.4. The third kappa shape index (κ3) is 12.5. The fourth-order valence-corrected chi connectivity index (χ4v) is 4.37. The van der Waals surface area contributed by atoms with Crippen molar-refractivity contribution in [2.24, 2.45) is 5.41 Å². The number of anilines is 1. The molecule has 4 rings (SSSR count). The zero-order chi connectivity index (χ0) is 32.3. The smallest absolute Gasteiger partial charge is 0.475 e. The molecule has 0 saturated carbocycles. The number of carbonyl (C=O) groups excluding carboxylic acids is 1. The Morgan fingerprint density at radius 1 is 0.953 bits per heavy atom. The van der Waals surface area contributed by atoms with Crippen molar-refractivity contribution in [3.05, 3.63) is 59.9 Å². The standard InChI is InChI=1S/C23H30N4O2.2C2HF3O2/c1-19-3-2-4-21(15-19)25-22(28)27-11-7-23(8-12-27)17-26(13-14-29-18-23)16-20-5-9-24-10-6-20;2*3-2(4,5)1(6)7/h2-6,9-10,15H,7-8,11-14,16-18H2,1H3,(H,25,28);2*(H,6,7). The number of likely N-dealkylation sites (tertiary alicyclic amines) is 1. The summed E-state index contributed by atoms with van der Waals surface area (Å²) in [5.74, 6) is -5.51. The normalized spacial score (nSPS) is 17.0. The summed E-state index contributed by atoms with van der Waals surface area (Å²) in [6.45, 7) is 8.01. The third-order valence-electron chi connectivity index (χ3n) is 6.54. The summed E-state index contributed by atoms with van der Waals surface area (Å²) in [5, 5.41) is 17.3. The van der Waals surface area contributed by atoms with Gasteiger partial charge in [0.15, 0.2) is 0 Å². The summed E-state index contributed by atoms with van der Waals surface area (Å²) in [6, 6.07) is 12.1. The highest BCUT2D eigenvalue weighted by Crippen LogP contribution is 2.35. The van der Waals surface area contributed by atoms with E-state index in [0.717, 1.165) is 70.0 Å². The summed E-state index contributed by atoms with van der Waals surface area (Å²) >= 11 is 0. The first-order chi connectivity index (χ1) is 20.0. The van der Waals surface area contributed by atoms with Gasteiger partial charge in [0.1, 0.15) is 0 Å². The number of rotatable bonds is 3. The van der Waals surface area contributed by atoms with Crippen molar-refractivity contribution in [1.29, 1.82) is 0 Å². The van der Waals surface area contributed by atoms with E-state index in [2.05, 4.69) is 27.3 Å². The maximum atomic E-state index is 12.7. The number of carboxylic acid groups (broad SMARTS) is 2. The number of amides is 2. The number of hydrogen-bond donors (Lipinski definition) is 3. The highest BCUT2D eigenvalue weighted by Gasteiger charge is 2.40. The lowest BCUT2D eigenvalue weighted by Gasteiger charge is -2.42. The Labute approximate surface area is 243 Å². The van der Waals surface area contributed by atoms with E-state index >= 15 is 0 Å². The molecule has 16 heteroatoms. The van der Waals surface area contributed by atoms with Crippen LogP contribution in [0.1, 0.15) is 24.0 Å². The fraction of sp³-hybridized carbons (Fsp3) is 0.481. The number of alkyl halides is 6. The molecule has 1 aromatic heterocycles. The van der Waals surface area contributed by atoms with Gasteiger partial charge in [0.05, 0.1) is 13.2 Å². The number of nitrogens with one attached hydrogen (secondary N) is 1. The van der Waals surface area contributed by atoms with Crippen LogP contribution in [-0.2, 0) is 20.9 Å². The fourth-order valence-electron chi connectivity index (χ4n) is 4.37. The van der Waals surface area contributed by atoms with E-state index in [9.17, 15) is 31.1 Å². The lowest BCUT2D eigenvalue weighted by atomic mass is 9.78. The van der Waals surface area contributed by atoms with Gasteiger partial charge in [-0.1, -0.05) is 12.1 Å². The van der Waals surface area contributed by atoms with Crippen LogP contribution in [0.2, 0.25) is 0 Å². The molecule has 2 fully saturated rings. The average molecular weight is 623 g/mol. The van der Waals surface area contributed by atoms with Gasteiger partial charge in [0, 0.05) is 56.2 Å². The van der Waals surface area contributed by atoms with Gasteiger partial charge in [0.25, 0.3) is 0 Å². The van der Waals surface area contributed by atoms with Crippen LogP contribution in [0.25, 0.3) is 0 Å². The molecule has 0 radical (unpaired) electrons. The molecule has 1 spiro atoms. The molecule has 3 N–H and O–H groups in total. The second-order valence-electron chi connectivity index (χ2n) is 10.0. The number of urea groups is 1. The zero-order valence-corrected chi connectivity index (χ0v) is 23.1. The molecular formula is C27H32F6N4O6. The van der Waals surface area contributed by atoms with E-state index in [0.29, 0.717) is 0 Å². The minimum atomic E-state index is -5.08. The quantitative estimate of drug-likeness (QED) is 0.416. The highest BCUT2D eigenvalue weighted by molar-refractivity contribution is 5.89. The number of benzene rings is 1. The van der Waals surface area contributed by atoms with Gasteiger partial charge in [-0.05, 0) is 55.2 Å². The predicted molar refractivity (Wildman–Crippen MR) is 141 cm³/mol. The largest absolute Gasteiger partial charge is 0.490 e. The molecule has 10 nitrogen and oxygen atoms in total. The minimum absolute atomic E-state index is 0.00590. The number of aromatic nitrogens is 1. The number of piperidine rings is 1. The van der Waals surface area contributed by atoms with Crippen LogP contribution in [0.3, 0.4) is 0 Å². The maximum absolute atomic E-state index is 12.7. The molecule has 2 aliphatic heterocycles. The molecular weight excluding hydrogens is 590 g/mol. The van der Waals surface area contributed by atoms with Crippen molar-refractivity contribution < 1.29 is 55.7 Å². The second-order valence-corrected chi connectivity index (χ2v) is 10.0. The van der Waals surface area contributed by atoms with Crippen LogP contribution in [0.15, 0.2) is 48.8 Å². The Kier molecular flexibility index (Phi) is 12.7. The number of halogens is 6. The van der Waals surface area contributed by atoms with Gasteiger partial charge in [0.2, 0.25) is 0 Å². The number of nitrogens with zero attached hydrogens (tertiary/aromatic N) is 3. The number of aliphatic carboxylic acids is 2. The van der Waals surface area contributed by atoms with Crippen molar-refractivity contribution in [2.75, 3.05) is 44.7 Å². The van der Waals surface area contributed by atoms with E-state index in [-0.39, 0.29) is 11.4 Å². The second kappa shape index (κ2) is 15.5. The summed E-state index contributed by atoms with van der Waals surface area (Å²) in [5.41, 5.74) is 3.41. The molecule has 0 unspecified atom stereocenters. The molecule has 0 atom stereocenters. The van der Waals surface area contributed by atoms with Crippen molar-refractivity contribution in [1.82, 2.24) is 14.8 Å². The Balaban J connectivity index is 0.000000384. The molecule has 0 aliphatic carbocycles. The molecule has 2 amide bonds. The molecule has 43 heavy (non-hydrogen) atoms. The monoisotopic (exact) mass is 622 g/mol. The molecule has 3 heterocycles. The third-order valence-corrected chi connectivity index (χ3v) is 6.54. The Hall–Kier alpha value is -3.92. The van der Waals surface area contributed by atoms with Crippen molar-refractivity contribution in [3.8, 4) is 0 Å². The molecule has 0 bridgehead atoms. The van der Waals surface area contributed by atoms with Crippen molar-refractivity contribution in [3.63, 3.8) is 0 Å². The first-order valence-electron chi connectivity index (χ1n) is 12.9. The van der Waals surface area contributed by atoms with Crippen molar-refractivity contribution >= 4 is 23.7 Å². The average Bonchev–Trinajstić information content (AvgIpc) is 3.11. The van der Waals surface area contributed by atoms with Crippen LogP contribution in [-0.4, -0.2) is 94.7 Å². The van der Waals surface area contributed by atoms with E-state index in [1.165, 1.54) is 5.56 Å². The van der Waals surface area contributed by atoms with Crippen LogP contribution < -0.4 is 5.32 Å². The van der Waals surface area contributed by atoms with Crippen LogP contribution >= 0.6 is 0 Å². The Morgan fingerprint density at radius 3 is 2.02 bits per heavy atom. The van der Waals surface area contributed by atoms with Gasteiger partial charge in [-0.25, -0.2) is 14.4 Å².